The summed E-state index contributed by atoms with van der Waals surface area (Å²) < 4.78 is 17.8. The third-order valence-corrected chi connectivity index (χ3v) is 4.44. The summed E-state index contributed by atoms with van der Waals surface area (Å²) in [6.07, 6.45) is 1.79. The first kappa shape index (κ1) is 18.3. The Labute approximate surface area is 166 Å². The predicted octanol–water partition coefficient (Wildman–Crippen LogP) is 2.07. The van der Waals surface area contributed by atoms with Crippen LogP contribution in [0.25, 0.3) is 27.8 Å². The first-order valence-corrected chi connectivity index (χ1v) is 8.60. The summed E-state index contributed by atoms with van der Waals surface area (Å²) in [5.41, 5.74) is 14.4. The van der Waals surface area contributed by atoms with Crippen LogP contribution in [0.4, 0.5) is 11.8 Å². The number of fused-ring (bicyclic) bond motifs is 1. The molecule has 4 rings (SSSR count). The second-order valence-electron chi connectivity index (χ2n) is 6.13. The van der Waals surface area contributed by atoms with Gasteiger partial charge in [0.25, 0.3) is 0 Å². The molecule has 0 aliphatic carbocycles. The van der Waals surface area contributed by atoms with E-state index in [1.54, 1.807) is 38.3 Å². The molecule has 0 radical (unpaired) electrons. The first-order valence-electron chi connectivity index (χ1n) is 8.60. The molecular formula is C19H19N7O3. The van der Waals surface area contributed by atoms with E-state index in [4.69, 9.17) is 25.7 Å². The number of nitrogens with zero attached hydrogens (tertiary/aromatic N) is 5. The third kappa shape index (κ3) is 3.20. The van der Waals surface area contributed by atoms with Crippen molar-refractivity contribution in [1.29, 1.82) is 0 Å². The Balaban J connectivity index is 1.77. The normalized spacial score (nSPS) is 10.9. The standard InChI is InChI=1S/C19H19N7O3/c1-27-15-6-10(7-16(28-2)17(15)29-3)14-9-26(25-24-14)11-4-5-13-12(8-11)18(20)23-19(21)22-13/h4-9H,1-3H3,(H4,20,21,22,23). The van der Waals surface area contributed by atoms with Gasteiger partial charge in [-0.25, -0.2) is 9.67 Å². The number of hydrogen-bond donors (Lipinski definition) is 2. The number of nitrogen functional groups attached to an aromatic ring is 2. The van der Waals surface area contributed by atoms with Gasteiger partial charge >= 0.3 is 0 Å². The van der Waals surface area contributed by atoms with Gasteiger partial charge in [-0.1, -0.05) is 5.21 Å². The molecule has 0 saturated carbocycles. The predicted molar refractivity (Wildman–Crippen MR) is 108 cm³/mol. The van der Waals surface area contributed by atoms with Gasteiger partial charge in [0.15, 0.2) is 11.5 Å². The number of anilines is 2. The van der Waals surface area contributed by atoms with Gasteiger partial charge in [-0.2, -0.15) is 4.98 Å². The second-order valence-corrected chi connectivity index (χ2v) is 6.13. The number of ether oxygens (including phenoxy) is 3. The molecule has 0 aliphatic heterocycles. The molecule has 0 amide bonds. The van der Waals surface area contributed by atoms with Crippen molar-refractivity contribution < 1.29 is 14.2 Å². The maximum absolute atomic E-state index is 5.98. The molecule has 29 heavy (non-hydrogen) atoms. The van der Waals surface area contributed by atoms with Crippen LogP contribution >= 0.6 is 0 Å². The number of nitrogens with two attached hydrogens (primary N) is 2. The topological polar surface area (TPSA) is 136 Å². The van der Waals surface area contributed by atoms with Gasteiger partial charge < -0.3 is 25.7 Å². The first-order chi connectivity index (χ1) is 14.0. The van der Waals surface area contributed by atoms with Crippen LogP contribution in [0.1, 0.15) is 0 Å². The Hall–Kier alpha value is -4.08. The fourth-order valence-electron chi connectivity index (χ4n) is 3.05. The summed E-state index contributed by atoms with van der Waals surface area (Å²) in [7, 11) is 4.68. The van der Waals surface area contributed by atoms with E-state index in [2.05, 4.69) is 20.3 Å². The highest BCUT2D eigenvalue weighted by Gasteiger charge is 2.16. The molecule has 0 bridgehead atoms. The Morgan fingerprint density at radius 2 is 1.62 bits per heavy atom. The van der Waals surface area contributed by atoms with Crippen LogP contribution in [0, 0.1) is 0 Å². The number of hydrogen-bond acceptors (Lipinski definition) is 9. The molecule has 0 saturated heterocycles. The summed E-state index contributed by atoms with van der Waals surface area (Å²) in [4.78, 5) is 8.18. The molecule has 0 atom stereocenters. The monoisotopic (exact) mass is 393 g/mol. The van der Waals surface area contributed by atoms with E-state index in [0.717, 1.165) is 11.3 Å². The van der Waals surface area contributed by atoms with E-state index >= 15 is 0 Å². The molecule has 4 aromatic rings. The van der Waals surface area contributed by atoms with Crippen LogP contribution in [-0.4, -0.2) is 46.3 Å². The minimum atomic E-state index is 0.133. The summed E-state index contributed by atoms with van der Waals surface area (Å²) in [6.45, 7) is 0. The van der Waals surface area contributed by atoms with E-state index in [0.29, 0.717) is 39.7 Å². The minimum absolute atomic E-state index is 0.133. The van der Waals surface area contributed by atoms with Crippen LogP contribution in [0.2, 0.25) is 0 Å². The van der Waals surface area contributed by atoms with Gasteiger partial charge in [0.2, 0.25) is 11.7 Å². The van der Waals surface area contributed by atoms with E-state index in [1.807, 2.05) is 24.3 Å². The van der Waals surface area contributed by atoms with Crippen molar-refractivity contribution >= 4 is 22.7 Å². The van der Waals surface area contributed by atoms with Crippen LogP contribution < -0.4 is 25.7 Å². The van der Waals surface area contributed by atoms with Crippen molar-refractivity contribution in [3.63, 3.8) is 0 Å². The quantitative estimate of drug-likeness (QED) is 0.522. The number of rotatable bonds is 5. The van der Waals surface area contributed by atoms with Crippen molar-refractivity contribution in [2.45, 2.75) is 0 Å². The van der Waals surface area contributed by atoms with Crippen molar-refractivity contribution in [3.8, 4) is 34.2 Å². The maximum Gasteiger partial charge on any atom is 0.222 e. The van der Waals surface area contributed by atoms with Crippen molar-refractivity contribution in [2.24, 2.45) is 0 Å². The van der Waals surface area contributed by atoms with E-state index in [9.17, 15) is 0 Å². The summed E-state index contributed by atoms with van der Waals surface area (Å²) >= 11 is 0. The second kappa shape index (κ2) is 7.15. The summed E-state index contributed by atoms with van der Waals surface area (Å²) in [5, 5.41) is 9.16. The molecule has 2 aromatic heterocycles. The van der Waals surface area contributed by atoms with Crippen LogP contribution in [-0.2, 0) is 0 Å². The number of aromatic nitrogens is 5. The lowest BCUT2D eigenvalue weighted by Gasteiger charge is -2.13. The Bertz CT molecular complexity index is 1180. The zero-order valence-corrected chi connectivity index (χ0v) is 16.1. The fourth-order valence-corrected chi connectivity index (χ4v) is 3.05. The molecule has 0 unspecified atom stereocenters. The van der Waals surface area contributed by atoms with Crippen LogP contribution in [0.15, 0.2) is 36.5 Å². The Kier molecular flexibility index (Phi) is 4.51. The Morgan fingerprint density at radius 3 is 2.28 bits per heavy atom. The molecule has 2 aromatic carbocycles. The maximum atomic E-state index is 5.98. The van der Waals surface area contributed by atoms with Crippen molar-refractivity contribution in [1.82, 2.24) is 25.0 Å². The van der Waals surface area contributed by atoms with Crippen LogP contribution in [0.5, 0.6) is 17.2 Å². The van der Waals surface area contributed by atoms with E-state index < -0.39 is 0 Å². The molecular weight excluding hydrogens is 374 g/mol. The molecule has 10 nitrogen and oxygen atoms in total. The lowest BCUT2D eigenvalue weighted by molar-refractivity contribution is 0.324. The lowest BCUT2D eigenvalue weighted by Crippen LogP contribution is -2.02. The third-order valence-electron chi connectivity index (χ3n) is 4.44. The largest absolute Gasteiger partial charge is 0.493 e. The summed E-state index contributed by atoms with van der Waals surface area (Å²) in [5.74, 6) is 2.01. The average molecular weight is 393 g/mol. The fraction of sp³-hybridized carbons (Fsp3) is 0.158. The number of methoxy groups -OCH3 is 3. The highest BCUT2D eigenvalue weighted by atomic mass is 16.5. The molecule has 0 spiro atoms. The minimum Gasteiger partial charge on any atom is -0.493 e. The van der Waals surface area contributed by atoms with Crippen molar-refractivity contribution in [3.05, 3.63) is 36.5 Å². The van der Waals surface area contributed by atoms with Gasteiger partial charge in [0.05, 0.1) is 38.7 Å². The molecule has 2 heterocycles. The highest BCUT2D eigenvalue weighted by Crippen LogP contribution is 2.40. The zero-order chi connectivity index (χ0) is 20.5. The van der Waals surface area contributed by atoms with E-state index in [-0.39, 0.29) is 5.95 Å². The molecule has 148 valence electrons. The Morgan fingerprint density at radius 1 is 0.897 bits per heavy atom. The molecule has 4 N–H and O–H groups in total. The SMILES string of the molecule is COc1cc(-c2cn(-c3ccc4nc(N)nc(N)c4c3)nn2)cc(OC)c1OC. The van der Waals surface area contributed by atoms with Gasteiger partial charge in [-0.15, -0.1) is 5.10 Å². The molecule has 0 aliphatic rings. The zero-order valence-electron chi connectivity index (χ0n) is 16.1. The molecule has 0 fully saturated rings. The molecule has 10 heteroatoms. The van der Waals surface area contributed by atoms with E-state index in [1.165, 1.54) is 0 Å². The van der Waals surface area contributed by atoms with Gasteiger partial charge in [0.1, 0.15) is 11.5 Å². The average Bonchev–Trinajstić information content (AvgIpc) is 3.22. The number of benzene rings is 2. The van der Waals surface area contributed by atoms with Gasteiger partial charge in [-0.05, 0) is 30.3 Å². The van der Waals surface area contributed by atoms with Gasteiger partial charge in [-0.3, -0.25) is 0 Å². The lowest BCUT2D eigenvalue weighted by atomic mass is 10.1. The van der Waals surface area contributed by atoms with Crippen molar-refractivity contribution in [2.75, 3.05) is 32.8 Å². The van der Waals surface area contributed by atoms with Crippen LogP contribution in [0.3, 0.4) is 0 Å². The summed E-state index contributed by atoms with van der Waals surface area (Å²) in [6, 6.07) is 9.11. The highest BCUT2D eigenvalue weighted by molar-refractivity contribution is 5.90. The smallest absolute Gasteiger partial charge is 0.222 e. The van der Waals surface area contributed by atoms with Gasteiger partial charge in [0, 0.05) is 10.9 Å².